The maximum atomic E-state index is 12.2. The summed E-state index contributed by atoms with van der Waals surface area (Å²) in [6.45, 7) is 2.82. The van der Waals surface area contributed by atoms with E-state index in [9.17, 15) is 4.79 Å². The first kappa shape index (κ1) is 16.2. The summed E-state index contributed by atoms with van der Waals surface area (Å²) < 4.78 is 12.0. The molecule has 2 rings (SSSR count). The van der Waals surface area contributed by atoms with E-state index in [-0.39, 0.29) is 5.91 Å². The summed E-state index contributed by atoms with van der Waals surface area (Å²) in [7, 11) is 3.15. The van der Waals surface area contributed by atoms with Gasteiger partial charge in [0.25, 0.3) is 5.91 Å². The molecule has 22 heavy (non-hydrogen) atoms. The van der Waals surface area contributed by atoms with Crippen LogP contribution in [0.25, 0.3) is 0 Å². The highest BCUT2D eigenvalue weighted by atomic mass is 35.5. The van der Waals surface area contributed by atoms with Crippen LogP contribution in [0.1, 0.15) is 23.0 Å². The number of amides is 1. The molecular weight excluding hydrogens is 306 g/mol. The summed E-state index contributed by atoms with van der Waals surface area (Å²) >= 11 is 6.01. The fraction of sp³-hybridized carbons (Fsp3) is 0.333. The van der Waals surface area contributed by atoms with Crippen LogP contribution in [-0.2, 0) is 13.1 Å². The van der Waals surface area contributed by atoms with Crippen LogP contribution >= 0.6 is 11.6 Å². The number of ether oxygens (including phenoxy) is 2. The lowest BCUT2D eigenvalue weighted by Gasteiger charge is -2.11. The first-order valence-electron chi connectivity index (χ1n) is 6.81. The molecule has 0 atom stereocenters. The summed E-state index contributed by atoms with van der Waals surface area (Å²) in [5.41, 5.74) is 1.26. The lowest BCUT2D eigenvalue weighted by Crippen LogP contribution is -2.26. The zero-order valence-electron chi connectivity index (χ0n) is 12.7. The summed E-state index contributed by atoms with van der Waals surface area (Å²) in [4.78, 5) is 12.2. The third kappa shape index (κ3) is 3.33. The summed E-state index contributed by atoms with van der Waals surface area (Å²) in [5, 5.41) is 7.21. The lowest BCUT2D eigenvalue weighted by molar-refractivity contribution is 0.0940. The molecule has 1 heterocycles. The van der Waals surface area contributed by atoms with Crippen LogP contribution in [0.4, 0.5) is 0 Å². The van der Waals surface area contributed by atoms with Gasteiger partial charge < -0.3 is 14.8 Å². The van der Waals surface area contributed by atoms with Crippen LogP contribution in [-0.4, -0.2) is 29.9 Å². The number of aryl methyl sites for hydroxylation is 1. The number of benzene rings is 1. The molecule has 0 fully saturated rings. The van der Waals surface area contributed by atoms with Crippen LogP contribution in [0.3, 0.4) is 0 Å². The first-order valence-corrected chi connectivity index (χ1v) is 7.18. The van der Waals surface area contributed by atoms with Gasteiger partial charge in [-0.2, -0.15) is 5.10 Å². The topological polar surface area (TPSA) is 65.4 Å². The van der Waals surface area contributed by atoms with E-state index in [0.717, 1.165) is 5.56 Å². The molecule has 0 aliphatic heterocycles. The van der Waals surface area contributed by atoms with Gasteiger partial charge in [0, 0.05) is 13.1 Å². The smallest absolute Gasteiger partial charge is 0.271 e. The van der Waals surface area contributed by atoms with Gasteiger partial charge in [-0.15, -0.1) is 0 Å². The first-order chi connectivity index (χ1) is 10.6. The Kier molecular flexibility index (Phi) is 5.27. The third-order valence-electron chi connectivity index (χ3n) is 3.21. The Balaban J connectivity index is 2.09. The predicted molar refractivity (Wildman–Crippen MR) is 83.6 cm³/mol. The molecule has 6 nitrogen and oxygen atoms in total. The molecule has 1 N–H and O–H groups in total. The molecular formula is C15H18ClN3O3. The molecule has 0 aliphatic carbocycles. The van der Waals surface area contributed by atoms with E-state index in [1.54, 1.807) is 25.0 Å². The maximum Gasteiger partial charge on any atom is 0.271 e. The van der Waals surface area contributed by atoms with Crippen LogP contribution in [0, 0.1) is 0 Å². The highest BCUT2D eigenvalue weighted by molar-refractivity contribution is 6.33. The Morgan fingerprint density at radius 2 is 2.05 bits per heavy atom. The number of aromatic nitrogens is 2. The quantitative estimate of drug-likeness (QED) is 0.887. The SMILES string of the molecule is CCn1ncc(Cl)c1C(=O)NCc1ccc(OC)c(OC)c1. The van der Waals surface area contributed by atoms with Crippen molar-refractivity contribution in [2.24, 2.45) is 0 Å². The minimum Gasteiger partial charge on any atom is -0.493 e. The van der Waals surface area contributed by atoms with E-state index in [4.69, 9.17) is 21.1 Å². The number of rotatable bonds is 6. The summed E-state index contributed by atoms with van der Waals surface area (Å²) in [6.07, 6.45) is 1.47. The van der Waals surface area contributed by atoms with E-state index >= 15 is 0 Å². The molecule has 0 bridgehead atoms. The van der Waals surface area contributed by atoms with Gasteiger partial charge in [0.15, 0.2) is 11.5 Å². The van der Waals surface area contributed by atoms with Gasteiger partial charge in [-0.1, -0.05) is 17.7 Å². The standard InChI is InChI=1S/C15H18ClN3O3/c1-4-19-14(11(16)9-18-19)15(20)17-8-10-5-6-12(21-2)13(7-10)22-3/h5-7,9H,4,8H2,1-3H3,(H,17,20). The predicted octanol–water partition coefficient (Wildman–Crippen LogP) is 2.50. The largest absolute Gasteiger partial charge is 0.493 e. The van der Waals surface area contributed by atoms with Crippen molar-refractivity contribution in [3.63, 3.8) is 0 Å². The van der Waals surface area contributed by atoms with Gasteiger partial charge in [-0.25, -0.2) is 0 Å². The lowest BCUT2D eigenvalue weighted by atomic mass is 10.2. The maximum absolute atomic E-state index is 12.2. The van der Waals surface area contributed by atoms with Crippen molar-refractivity contribution < 1.29 is 14.3 Å². The highest BCUT2D eigenvalue weighted by Crippen LogP contribution is 2.27. The Labute approximate surface area is 134 Å². The van der Waals surface area contributed by atoms with Crippen LogP contribution in [0.5, 0.6) is 11.5 Å². The second kappa shape index (κ2) is 7.17. The average Bonchev–Trinajstić information content (AvgIpc) is 2.93. The number of nitrogens with zero attached hydrogens (tertiary/aromatic N) is 2. The fourth-order valence-electron chi connectivity index (χ4n) is 2.08. The Bertz CT molecular complexity index is 670. The van der Waals surface area contributed by atoms with Gasteiger partial charge in [0.05, 0.1) is 25.4 Å². The molecule has 0 saturated heterocycles. The van der Waals surface area contributed by atoms with Crippen molar-refractivity contribution in [2.75, 3.05) is 14.2 Å². The van der Waals surface area contributed by atoms with E-state index in [1.165, 1.54) is 6.20 Å². The Morgan fingerprint density at radius 3 is 2.68 bits per heavy atom. The number of carbonyl (C=O) groups is 1. The van der Waals surface area contributed by atoms with Gasteiger partial charge in [-0.3, -0.25) is 9.48 Å². The monoisotopic (exact) mass is 323 g/mol. The van der Waals surface area contributed by atoms with Gasteiger partial charge >= 0.3 is 0 Å². The Morgan fingerprint density at radius 1 is 1.32 bits per heavy atom. The molecule has 0 unspecified atom stereocenters. The van der Waals surface area contributed by atoms with Gasteiger partial charge in [0.1, 0.15) is 5.69 Å². The minimum atomic E-state index is -0.265. The molecule has 1 aromatic carbocycles. The summed E-state index contributed by atoms with van der Waals surface area (Å²) in [6, 6.07) is 5.47. The average molecular weight is 324 g/mol. The van der Waals surface area contributed by atoms with E-state index in [2.05, 4.69) is 10.4 Å². The van der Waals surface area contributed by atoms with Crippen molar-refractivity contribution in [1.29, 1.82) is 0 Å². The molecule has 2 aromatic rings. The molecule has 1 aromatic heterocycles. The molecule has 0 radical (unpaired) electrons. The van der Waals surface area contributed by atoms with Crippen molar-refractivity contribution in [1.82, 2.24) is 15.1 Å². The van der Waals surface area contributed by atoms with Crippen molar-refractivity contribution >= 4 is 17.5 Å². The minimum absolute atomic E-state index is 0.265. The second-order valence-corrected chi connectivity index (χ2v) is 4.94. The zero-order chi connectivity index (χ0) is 16.1. The van der Waals surface area contributed by atoms with Crippen LogP contribution in [0.15, 0.2) is 24.4 Å². The van der Waals surface area contributed by atoms with E-state index in [0.29, 0.717) is 35.3 Å². The second-order valence-electron chi connectivity index (χ2n) is 4.53. The number of halogens is 1. The number of hydrogen-bond donors (Lipinski definition) is 1. The zero-order valence-corrected chi connectivity index (χ0v) is 13.5. The van der Waals surface area contributed by atoms with Gasteiger partial charge in [0.2, 0.25) is 0 Å². The van der Waals surface area contributed by atoms with Crippen LogP contribution < -0.4 is 14.8 Å². The molecule has 118 valence electrons. The van der Waals surface area contributed by atoms with Gasteiger partial charge in [-0.05, 0) is 24.6 Å². The Hall–Kier alpha value is -2.21. The third-order valence-corrected chi connectivity index (χ3v) is 3.49. The number of methoxy groups -OCH3 is 2. The molecule has 0 spiro atoms. The molecule has 1 amide bonds. The van der Waals surface area contributed by atoms with Crippen molar-refractivity contribution in [3.05, 3.63) is 40.7 Å². The highest BCUT2D eigenvalue weighted by Gasteiger charge is 2.16. The van der Waals surface area contributed by atoms with Crippen molar-refractivity contribution in [3.8, 4) is 11.5 Å². The summed E-state index contributed by atoms with van der Waals surface area (Å²) in [5.74, 6) is 0.995. The molecule has 0 saturated carbocycles. The normalized spacial score (nSPS) is 10.4. The molecule has 7 heteroatoms. The fourth-order valence-corrected chi connectivity index (χ4v) is 2.31. The number of nitrogens with one attached hydrogen (secondary N) is 1. The van der Waals surface area contributed by atoms with Crippen molar-refractivity contribution in [2.45, 2.75) is 20.0 Å². The van der Waals surface area contributed by atoms with Crippen LogP contribution in [0.2, 0.25) is 5.02 Å². The van der Waals surface area contributed by atoms with E-state index < -0.39 is 0 Å². The molecule has 0 aliphatic rings. The number of hydrogen-bond acceptors (Lipinski definition) is 4. The number of carbonyl (C=O) groups excluding carboxylic acids is 1. The van der Waals surface area contributed by atoms with E-state index in [1.807, 2.05) is 19.1 Å².